The zero-order chi connectivity index (χ0) is 64.1. The minimum absolute atomic E-state index is 0.00305. The van der Waals surface area contributed by atoms with Crippen LogP contribution in [0, 0.1) is 46.3 Å². The number of hydrogen-bond donors (Lipinski definition) is 0. The first kappa shape index (κ1) is 64.9. The summed E-state index contributed by atoms with van der Waals surface area (Å²) in [7, 11) is -2.76. The van der Waals surface area contributed by atoms with Crippen LogP contribution in [0.2, 0.25) is 5.04 Å². The van der Waals surface area contributed by atoms with Gasteiger partial charge in [0, 0.05) is 30.8 Å². The van der Waals surface area contributed by atoms with E-state index in [4.69, 9.17) is 32.8 Å². The lowest BCUT2D eigenvalue weighted by molar-refractivity contribution is -0.300. The molecule has 0 aromatic heterocycles. The fraction of sp³-hybridized carbons (Fsp3) is 0.429. The molecule has 0 bridgehead atoms. The van der Waals surface area contributed by atoms with Crippen molar-refractivity contribution in [2.45, 2.75) is 148 Å². The molecule has 0 radical (unpaired) electrons. The van der Waals surface area contributed by atoms with E-state index in [9.17, 15) is 28.8 Å². The molecule has 6 aromatic rings. The molecule has 13 nitrogen and oxygen atoms in total. The van der Waals surface area contributed by atoms with Gasteiger partial charge >= 0.3 is 23.9 Å². The lowest BCUT2D eigenvalue weighted by atomic mass is 9.47. The number of rotatable bonds is 21. The van der Waals surface area contributed by atoms with Crippen molar-refractivity contribution in [3.63, 3.8) is 0 Å². The van der Waals surface area contributed by atoms with Crippen molar-refractivity contribution in [3.05, 3.63) is 216 Å². The number of carbonyl (C=O) groups excluding carboxylic acids is 6. The third-order valence-corrected chi connectivity index (χ3v) is 26.0. The van der Waals surface area contributed by atoms with Crippen molar-refractivity contribution in [1.29, 1.82) is 0 Å². The molecule has 14 atom stereocenters. The molecule has 91 heavy (non-hydrogen) atoms. The maximum absolute atomic E-state index is 14.6. The van der Waals surface area contributed by atoms with Gasteiger partial charge in [-0.1, -0.05) is 194 Å². The normalized spacial score (nSPS) is 27.7. The molecule has 0 unspecified atom stereocenters. The SMILES string of the molecule is C[C@H](CCC(=O)[C@@H](C)[C@H]1C(=O)C[C@H]2[C@@H]3CC=C4C[C@@H](O[Si](c5ccccc5)(c5ccccc5)C(C)(C)C)CC[C@]4(C)[C@H]3CC[C@]12C)CO[C@H]1O[C@H](COC(=O)c2ccccc2)[C@@H](OC(=O)c2ccccc2)[C@H](OC(=O)c2ccccc2)[C@H]1OC(=O)c1ccccc1. The van der Waals surface area contributed by atoms with Gasteiger partial charge in [0.2, 0.25) is 0 Å². The van der Waals surface area contributed by atoms with Crippen LogP contribution in [-0.2, 0) is 42.4 Å². The number of benzene rings is 6. The van der Waals surface area contributed by atoms with E-state index in [1.165, 1.54) is 15.9 Å². The minimum atomic E-state index is -2.76. The molecule has 6 aromatic carbocycles. The van der Waals surface area contributed by atoms with Crippen molar-refractivity contribution in [3.8, 4) is 0 Å². The van der Waals surface area contributed by atoms with Crippen molar-refractivity contribution in [1.82, 2.24) is 0 Å². The molecule has 1 heterocycles. The Hall–Kier alpha value is -7.62. The van der Waals surface area contributed by atoms with Gasteiger partial charge in [-0.15, -0.1) is 0 Å². The van der Waals surface area contributed by atoms with Gasteiger partial charge in [0.25, 0.3) is 8.32 Å². The molecule has 3 saturated carbocycles. The van der Waals surface area contributed by atoms with Gasteiger partial charge in [-0.2, -0.15) is 0 Å². The number of ether oxygens (including phenoxy) is 6. The smallest absolute Gasteiger partial charge is 0.338 e. The first-order chi connectivity index (χ1) is 43.8. The monoisotopic (exact) mass is 1250 g/mol. The Bertz CT molecular complexity index is 3500. The van der Waals surface area contributed by atoms with Crippen LogP contribution < -0.4 is 10.4 Å². The Balaban J connectivity index is 0.787. The van der Waals surface area contributed by atoms with Gasteiger partial charge in [0.1, 0.15) is 24.3 Å². The predicted molar refractivity (Wildman–Crippen MR) is 349 cm³/mol. The maximum Gasteiger partial charge on any atom is 0.338 e. The first-order valence-electron chi connectivity index (χ1n) is 32.6. The van der Waals surface area contributed by atoms with Crippen LogP contribution in [0.3, 0.4) is 0 Å². The Morgan fingerprint density at radius 1 is 0.593 bits per heavy atom. The van der Waals surface area contributed by atoms with Gasteiger partial charge in [-0.3, -0.25) is 9.59 Å². The highest BCUT2D eigenvalue weighted by atomic mass is 28.4. The van der Waals surface area contributed by atoms with Crippen LogP contribution in [-0.4, -0.2) is 93.8 Å². The van der Waals surface area contributed by atoms with Crippen LogP contribution >= 0.6 is 0 Å². The molecule has 4 aliphatic carbocycles. The predicted octanol–water partition coefficient (Wildman–Crippen LogP) is 13.6. The van der Waals surface area contributed by atoms with E-state index >= 15 is 0 Å². The molecule has 0 spiro atoms. The van der Waals surface area contributed by atoms with Gasteiger partial charge in [0.05, 0.1) is 28.9 Å². The van der Waals surface area contributed by atoms with E-state index in [-0.39, 0.29) is 80.7 Å². The van der Waals surface area contributed by atoms with E-state index in [2.05, 4.69) is 101 Å². The van der Waals surface area contributed by atoms with Crippen LogP contribution in [0.5, 0.6) is 0 Å². The molecule has 0 amide bonds. The molecule has 5 aliphatic rings. The molecular weight excluding hydrogens is 1160 g/mol. The molecule has 4 fully saturated rings. The summed E-state index contributed by atoms with van der Waals surface area (Å²) in [4.78, 5) is 85.2. The fourth-order valence-corrected chi connectivity index (χ4v) is 20.9. The zero-order valence-corrected chi connectivity index (χ0v) is 54.4. The third kappa shape index (κ3) is 13.5. The highest BCUT2D eigenvalue weighted by molar-refractivity contribution is 6.99. The van der Waals surface area contributed by atoms with Crippen LogP contribution in [0.25, 0.3) is 0 Å². The quantitative estimate of drug-likeness (QED) is 0.0289. The molecule has 14 heteroatoms. The van der Waals surface area contributed by atoms with Crippen molar-refractivity contribution < 1.29 is 61.6 Å². The number of carbonyl (C=O) groups is 6. The van der Waals surface area contributed by atoms with E-state index in [0.29, 0.717) is 24.7 Å². The van der Waals surface area contributed by atoms with E-state index < -0.39 is 81.3 Å². The molecule has 1 saturated heterocycles. The summed E-state index contributed by atoms with van der Waals surface area (Å²) < 4.78 is 45.5. The van der Waals surface area contributed by atoms with Gasteiger partial charge < -0.3 is 32.8 Å². The topological polar surface area (TPSA) is 167 Å². The molecule has 476 valence electrons. The lowest BCUT2D eigenvalue weighted by Gasteiger charge is -2.58. The molecular formula is C77H86O13Si. The van der Waals surface area contributed by atoms with E-state index in [1.54, 1.807) is 121 Å². The average Bonchev–Trinajstić information content (AvgIpc) is 1.69. The third-order valence-electron chi connectivity index (χ3n) is 20.9. The summed E-state index contributed by atoms with van der Waals surface area (Å²) in [5, 5.41) is 2.47. The second-order valence-corrected chi connectivity index (χ2v) is 31.8. The standard InChI is InChI=1S/C77H86O13Si/c1-50(38-41-63(78)51(2)66-64(79)47-62-60-40-39-56-46-57(42-44-76(56,6)61(60)43-45-77(62,66)7)90-91(75(3,4)5,58-34-22-12-23-35-58)59-36-24-13-25-37-59)48-85-74-69(89-73(83)55-32-20-11-21-33-55)68(88-72(82)54-30-18-10-19-31-54)67(87-71(81)53-28-16-9-17-29-53)65(86-74)49-84-70(80)52-26-14-8-15-27-52/h8-37,39,50-51,57,60-62,65-69,74H,38,40-49H2,1-7H3/t50-,51-,57+,60-,61+,62+,65-,66+,67-,68+,69-,74+,76+,77+/m1/s1. The summed E-state index contributed by atoms with van der Waals surface area (Å²) in [5.74, 6) is -3.13. The Kier molecular flexibility index (Phi) is 19.7. The summed E-state index contributed by atoms with van der Waals surface area (Å²) in [6, 6.07) is 54.8. The fourth-order valence-electron chi connectivity index (χ4n) is 16.2. The first-order valence-corrected chi connectivity index (χ1v) is 34.5. The maximum atomic E-state index is 14.6. The second kappa shape index (κ2) is 27.7. The Morgan fingerprint density at radius 3 is 1.59 bits per heavy atom. The van der Waals surface area contributed by atoms with Crippen LogP contribution in [0.4, 0.5) is 0 Å². The number of Topliss-reactive ketones (excluding diaryl/α,β-unsaturated/α-hetero) is 2. The second-order valence-electron chi connectivity index (χ2n) is 27.5. The van der Waals surface area contributed by atoms with Crippen molar-refractivity contribution in [2.24, 2.45) is 46.3 Å². The van der Waals surface area contributed by atoms with Gasteiger partial charge in [-0.05, 0) is 143 Å². The van der Waals surface area contributed by atoms with E-state index in [1.807, 2.05) is 13.8 Å². The van der Waals surface area contributed by atoms with Gasteiger partial charge in [0.15, 0.2) is 24.6 Å². The molecule has 0 N–H and O–H groups in total. The highest BCUT2D eigenvalue weighted by Crippen LogP contribution is 2.67. The number of allylic oxidation sites excluding steroid dienone is 1. The Labute approximate surface area is 536 Å². The number of ketones is 2. The van der Waals surface area contributed by atoms with Crippen molar-refractivity contribution >= 4 is 54.1 Å². The zero-order valence-electron chi connectivity index (χ0n) is 53.4. The average molecular weight is 1250 g/mol. The summed E-state index contributed by atoms with van der Waals surface area (Å²) >= 11 is 0. The lowest BCUT2D eigenvalue weighted by Crippen LogP contribution is -2.68. The van der Waals surface area contributed by atoms with Crippen LogP contribution in [0.15, 0.2) is 194 Å². The minimum Gasteiger partial charge on any atom is -0.459 e. The van der Waals surface area contributed by atoms with Crippen LogP contribution in [0.1, 0.15) is 148 Å². The summed E-state index contributed by atoms with van der Waals surface area (Å²) in [5.41, 5.74) is 1.96. The van der Waals surface area contributed by atoms with Crippen molar-refractivity contribution in [2.75, 3.05) is 13.2 Å². The van der Waals surface area contributed by atoms with Gasteiger partial charge in [-0.25, -0.2) is 19.2 Å². The number of esters is 4. The number of fused-ring (bicyclic) bond motifs is 5. The van der Waals surface area contributed by atoms with E-state index in [0.717, 1.165) is 38.5 Å². The largest absolute Gasteiger partial charge is 0.459 e. The number of hydrogen-bond acceptors (Lipinski definition) is 13. The molecule has 1 aliphatic heterocycles. The Morgan fingerprint density at radius 2 is 1.08 bits per heavy atom. The summed E-state index contributed by atoms with van der Waals surface area (Å²) in [6.07, 6.45) is 1.92. The molecule has 11 rings (SSSR count). The summed E-state index contributed by atoms with van der Waals surface area (Å²) in [6.45, 7) is 15.2. The highest BCUT2D eigenvalue weighted by Gasteiger charge is 2.63.